The number of rotatable bonds is 30. The lowest BCUT2D eigenvalue weighted by Crippen LogP contribution is -2.63. The fourth-order valence-electron chi connectivity index (χ4n) is 9.29. The van der Waals surface area contributed by atoms with Crippen molar-refractivity contribution in [2.45, 2.75) is 209 Å². The molecule has 1 aromatic rings. The van der Waals surface area contributed by atoms with Crippen LogP contribution in [0.1, 0.15) is 147 Å². The summed E-state index contributed by atoms with van der Waals surface area (Å²) in [5, 5.41) is 83.1. The lowest BCUT2D eigenvalue weighted by atomic mass is 9.99. The van der Waals surface area contributed by atoms with Crippen molar-refractivity contribution in [3.05, 3.63) is 47.2 Å². The van der Waals surface area contributed by atoms with Crippen LogP contribution < -0.4 is 65.1 Å². The van der Waals surface area contributed by atoms with Crippen molar-refractivity contribution in [3.63, 3.8) is 0 Å². The molecule has 0 bridgehead atoms. The number of halogens is 1. The first-order chi connectivity index (χ1) is 42.8. The van der Waals surface area contributed by atoms with E-state index in [0.29, 0.717) is 12.0 Å². The quantitative estimate of drug-likeness (QED) is 0.0156. The van der Waals surface area contributed by atoms with Crippen LogP contribution in [-0.4, -0.2) is 200 Å². The molecular formula is C58H93ClN12O19. The van der Waals surface area contributed by atoms with E-state index in [2.05, 4.69) is 49.5 Å². The smallest absolute Gasteiger partial charge is 0.335 e. The fourth-order valence-corrected chi connectivity index (χ4v) is 9.46. The summed E-state index contributed by atoms with van der Waals surface area (Å²) >= 11 is 5.93. The number of carbonyl (C=O) groups excluding carboxylic acids is 10. The summed E-state index contributed by atoms with van der Waals surface area (Å²) in [6.45, 7) is 2.57. The maximum absolute atomic E-state index is 14.3. The average molecular weight is 1300 g/mol. The monoisotopic (exact) mass is 1300 g/mol. The molecule has 90 heavy (non-hydrogen) atoms. The van der Waals surface area contributed by atoms with Gasteiger partial charge in [0, 0.05) is 0 Å². The van der Waals surface area contributed by atoms with Crippen molar-refractivity contribution in [2.24, 2.45) is 17.2 Å². The molecule has 6 unspecified atom stereocenters. The molecule has 9 amide bonds. The normalized spacial score (nSPS) is 23.5. The van der Waals surface area contributed by atoms with Crippen molar-refractivity contribution in [1.29, 1.82) is 0 Å². The molecule has 1 aliphatic rings. The van der Waals surface area contributed by atoms with Gasteiger partial charge in [0.05, 0.1) is 37.0 Å². The Balaban J connectivity index is 2.74. The number of aliphatic carboxylic acids is 2. The molecule has 0 spiro atoms. The van der Waals surface area contributed by atoms with Crippen LogP contribution in [0.4, 0.5) is 0 Å². The highest BCUT2D eigenvalue weighted by Crippen LogP contribution is 2.21. The number of carboxylic acids is 2. The van der Waals surface area contributed by atoms with E-state index in [-0.39, 0.29) is 38.9 Å². The number of amides is 9. The number of cyclic esters (lactones) is 1. The van der Waals surface area contributed by atoms with E-state index in [0.717, 1.165) is 44.2 Å². The van der Waals surface area contributed by atoms with Gasteiger partial charge in [-0.3, -0.25) is 47.9 Å². The number of ether oxygens (including phenoxy) is 1. The van der Waals surface area contributed by atoms with Gasteiger partial charge in [0.2, 0.25) is 47.3 Å². The zero-order valence-corrected chi connectivity index (χ0v) is 51.9. The third-order valence-electron chi connectivity index (χ3n) is 14.4. The Kier molecular flexibility index (Phi) is 37.2. The number of unbranched alkanes of at least 4 members (excludes halogenated alkanes) is 10. The number of hydrogen-bond donors (Lipinski definition) is 18. The molecule has 1 fully saturated rings. The number of carboxylic acid groups (broad SMARTS) is 2. The van der Waals surface area contributed by atoms with Gasteiger partial charge in [-0.25, -0.2) is 9.59 Å². The van der Waals surface area contributed by atoms with Crippen LogP contribution in [0.15, 0.2) is 36.0 Å². The molecule has 1 aromatic carbocycles. The Bertz CT molecular complexity index is 2580. The maximum atomic E-state index is 14.3. The topological polar surface area (TPSA) is 522 Å². The Morgan fingerprint density at radius 1 is 0.644 bits per heavy atom. The van der Waals surface area contributed by atoms with Gasteiger partial charge in [0.25, 0.3) is 5.91 Å². The van der Waals surface area contributed by atoms with E-state index in [1.165, 1.54) is 45.4 Å². The van der Waals surface area contributed by atoms with Gasteiger partial charge < -0.3 is 100 Å². The molecule has 0 radical (unpaired) electrons. The van der Waals surface area contributed by atoms with Crippen LogP contribution in [0, 0.1) is 0 Å². The minimum atomic E-state index is -2.77. The minimum absolute atomic E-state index is 0.0390. The Hall–Kier alpha value is -7.39. The summed E-state index contributed by atoms with van der Waals surface area (Å²) in [7, 11) is 0. The Labute approximate surface area is 527 Å². The molecule has 0 aliphatic carbocycles. The summed E-state index contributed by atoms with van der Waals surface area (Å²) in [5.41, 5.74) is 17.8. The lowest BCUT2D eigenvalue weighted by molar-refractivity contribution is -0.153. The molecule has 21 N–H and O–H groups in total. The third kappa shape index (κ3) is 28.2. The third-order valence-corrected chi connectivity index (χ3v) is 14.7. The molecule has 1 aliphatic heterocycles. The highest BCUT2D eigenvalue weighted by atomic mass is 35.5. The number of allylic oxidation sites excluding steroid dienone is 1. The van der Waals surface area contributed by atoms with Gasteiger partial charge in [-0.2, -0.15) is 0 Å². The van der Waals surface area contributed by atoms with E-state index >= 15 is 0 Å². The predicted molar refractivity (Wildman–Crippen MR) is 324 cm³/mol. The molecule has 1 saturated heterocycles. The van der Waals surface area contributed by atoms with Gasteiger partial charge in [0.1, 0.15) is 54.6 Å². The highest BCUT2D eigenvalue weighted by Gasteiger charge is 2.40. The molecule has 32 heteroatoms. The standard InChI is InChI=1S/C58H93ClN12O19/c1-4-6-7-8-9-10-11-12-13-14-18-33-19-17-20-34(27-33)41(73)29-43(75)63-40-31-90-58(89)46(42(74)30-59)70-49(79)35(5-2)64-55(85)45(32(3)72)69-52(82)38(23-26-62)67-56(86)47(48(78)57(87)88)71-51(81)36(21-15-16-24-60)65-53(83)39(28-44(76)77)68-50(80)37(22-25-61)66-54(40)84/h5,17,19-20,27,32,36-42,45-48,72-74,78H,4,6-16,18,21-26,28-31,60-62H2,1-3H3,(H,63,75)(H,64,85)(H,65,83)(H,66,84)(H,67,86)(H,68,80)(H,69,82)(H,70,79)(H,71,81)(H,76,77)(H,87,88)/b35-5+/t32-,36?,37?,38-,39-,40?,41-,42+,45?,46?,47?,48-/m0/s1. The van der Waals surface area contributed by atoms with Crippen LogP contribution in [-0.2, 0) is 68.7 Å². The number of nitrogens with one attached hydrogen (secondary N) is 9. The zero-order chi connectivity index (χ0) is 67.5. The fraction of sp³-hybridized carbons (Fsp3) is 0.655. The number of nitrogens with two attached hydrogens (primary N) is 3. The second kappa shape index (κ2) is 42.6. The number of aliphatic hydroxyl groups is 4. The van der Waals surface area contributed by atoms with Crippen molar-refractivity contribution in [2.75, 3.05) is 32.1 Å². The molecule has 506 valence electrons. The number of benzene rings is 1. The summed E-state index contributed by atoms with van der Waals surface area (Å²) < 4.78 is 5.39. The first-order valence-corrected chi connectivity index (χ1v) is 30.8. The molecule has 31 nitrogen and oxygen atoms in total. The molecule has 0 saturated carbocycles. The SMILES string of the molecule is C/C=C1/NC(=O)C([C@H](C)O)NC(=O)[C@H](CCN)NC(=O)C([C@H](O)C(=O)O)NC(=O)C(CCCCN)NC(=O)[C@H](CC(=O)O)NC(=O)C(CCN)NC(=O)C(NC(=O)C[C@H](O)c2cccc(CCCCCCCCCCCC)c2)COC(=O)C([C@H](O)CCl)NC1=O. The molecule has 1 heterocycles. The highest BCUT2D eigenvalue weighted by molar-refractivity contribution is 6.18. The summed E-state index contributed by atoms with van der Waals surface area (Å²) in [6.07, 6.45) is 2.08. The van der Waals surface area contributed by atoms with Gasteiger partial charge in [-0.1, -0.05) is 95.1 Å². The van der Waals surface area contributed by atoms with Crippen LogP contribution in [0.2, 0.25) is 0 Å². The van der Waals surface area contributed by atoms with E-state index < -0.39 is 188 Å². The first-order valence-electron chi connectivity index (χ1n) is 30.3. The van der Waals surface area contributed by atoms with Gasteiger partial charge in [-0.05, 0) is 89.6 Å². The zero-order valence-electron chi connectivity index (χ0n) is 51.2. The second-order valence-corrected chi connectivity index (χ2v) is 22.1. The Morgan fingerprint density at radius 3 is 1.72 bits per heavy atom. The van der Waals surface area contributed by atoms with Gasteiger partial charge in [-0.15, -0.1) is 11.6 Å². The van der Waals surface area contributed by atoms with Crippen molar-refractivity contribution in [3.8, 4) is 0 Å². The van der Waals surface area contributed by atoms with Crippen molar-refractivity contribution < 1.29 is 92.9 Å². The van der Waals surface area contributed by atoms with Crippen LogP contribution in [0.5, 0.6) is 0 Å². The Morgan fingerprint density at radius 2 is 1.18 bits per heavy atom. The predicted octanol–water partition coefficient (Wildman–Crippen LogP) is -3.24. The lowest BCUT2D eigenvalue weighted by Gasteiger charge is -2.29. The summed E-state index contributed by atoms with van der Waals surface area (Å²) in [4.78, 5) is 164. The van der Waals surface area contributed by atoms with E-state index in [1.54, 1.807) is 18.2 Å². The van der Waals surface area contributed by atoms with Gasteiger partial charge >= 0.3 is 17.9 Å². The molecule has 12 atom stereocenters. The van der Waals surface area contributed by atoms with Crippen molar-refractivity contribution in [1.82, 2.24) is 47.9 Å². The maximum Gasteiger partial charge on any atom is 0.335 e. The number of aryl methyl sites for hydroxylation is 1. The molecule has 2 rings (SSSR count). The number of aliphatic hydroxyl groups excluding tert-OH is 4. The van der Waals surface area contributed by atoms with Crippen LogP contribution >= 0.6 is 11.6 Å². The van der Waals surface area contributed by atoms with Crippen molar-refractivity contribution >= 4 is 82.7 Å². The number of alkyl halides is 1. The second-order valence-electron chi connectivity index (χ2n) is 21.8. The molecule has 0 aromatic heterocycles. The first kappa shape index (κ1) is 78.7. The van der Waals surface area contributed by atoms with E-state index in [4.69, 9.17) is 33.5 Å². The summed E-state index contributed by atoms with van der Waals surface area (Å²) in [6, 6.07) is -9.22. The average Bonchev–Trinajstić information content (AvgIpc) is 3.49. The van der Waals surface area contributed by atoms with Gasteiger partial charge in [0.15, 0.2) is 12.1 Å². The number of hydrogen-bond acceptors (Lipinski definition) is 20. The molecular weight excluding hydrogens is 1200 g/mol. The van der Waals surface area contributed by atoms with E-state index in [9.17, 15) is 88.2 Å². The van der Waals surface area contributed by atoms with Crippen LogP contribution in [0.3, 0.4) is 0 Å². The van der Waals surface area contributed by atoms with Crippen LogP contribution in [0.25, 0.3) is 0 Å². The largest absolute Gasteiger partial charge is 0.481 e. The number of carbonyl (C=O) groups is 12. The summed E-state index contributed by atoms with van der Waals surface area (Å²) in [5.74, 6) is -17.8. The number of esters is 1. The van der Waals surface area contributed by atoms with E-state index in [1.807, 2.05) is 11.4 Å². The minimum Gasteiger partial charge on any atom is -0.481 e.